The van der Waals surface area contributed by atoms with Crippen LogP contribution in [-0.2, 0) is 38.1 Å². The van der Waals surface area contributed by atoms with Crippen LogP contribution in [0.4, 0.5) is 0 Å². The molecule has 1 aromatic rings. The molecule has 0 bridgehead atoms. The summed E-state index contributed by atoms with van der Waals surface area (Å²) in [4.78, 5) is 52.7. The molecule has 14 heteroatoms. The van der Waals surface area contributed by atoms with Gasteiger partial charge >= 0.3 is 11.9 Å². The summed E-state index contributed by atoms with van der Waals surface area (Å²) in [7, 11) is 0. The second-order valence-electron chi connectivity index (χ2n) is 15.0. The van der Waals surface area contributed by atoms with E-state index < -0.39 is 78.2 Å². The molecule has 1 heterocycles. The van der Waals surface area contributed by atoms with Crippen molar-refractivity contribution in [1.29, 1.82) is 0 Å². The molecule has 14 nitrogen and oxygen atoms in total. The summed E-state index contributed by atoms with van der Waals surface area (Å²) in [5.74, 6) is -2.88. The van der Waals surface area contributed by atoms with Crippen molar-refractivity contribution in [2.75, 3.05) is 19.8 Å². The van der Waals surface area contributed by atoms with Gasteiger partial charge in [-0.3, -0.25) is 14.4 Å². The van der Waals surface area contributed by atoms with Crippen LogP contribution in [0, 0.1) is 11.8 Å². The SMILES string of the molecule is C[C@H](O)[C@@H](NC(=O)C1=C[C@H]2OC(C3CC3)(C3CC3)O[C@H]2[C@H](OC(=O)c2ccc(C=COCCO)cc2)C1)C(=O)N[C@H](CO)CCC(=O)OC(C)(C)C. The van der Waals surface area contributed by atoms with Crippen molar-refractivity contribution in [3.8, 4) is 0 Å². The Hall–Kier alpha value is -3.82. The molecule has 0 radical (unpaired) electrons. The van der Waals surface area contributed by atoms with Gasteiger partial charge in [-0.05, 0) is 89.6 Å². The molecule has 5 N–H and O–H groups in total. The first-order chi connectivity index (χ1) is 24.7. The lowest BCUT2D eigenvalue weighted by molar-refractivity contribution is -0.209. The highest BCUT2D eigenvalue weighted by Gasteiger charge is 2.64. The maximum Gasteiger partial charge on any atom is 0.338 e. The van der Waals surface area contributed by atoms with Gasteiger partial charge in [0.2, 0.25) is 11.8 Å². The third-order valence-electron chi connectivity index (χ3n) is 9.41. The number of rotatable bonds is 17. The number of hydrogen-bond acceptors (Lipinski definition) is 12. The van der Waals surface area contributed by atoms with E-state index in [2.05, 4.69) is 10.6 Å². The molecule has 3 aliphatic carbocycles. The van der Waals surface area contributed by atoms with Crippen LogP contribution in [0.15, 0.2) is 42.2 Å². The maximum atomic E-state index is 13.8. The van der Waals surface area contributed by atoms with E-state index in [-0.39, 0.29) is 55.4 Å². The lowest BCUT2D eigenvalue weighted by atomic mass is 9.91. The number of aliphatic hydroxyl groups excluding tert-OH is 3. The Morgan fingerprint density at radius 3 is 2.27 bits per heavy atom. The number of carbonyl (C=O) groups is 4. The first-order valence-electron chi connectivity index (χ1n) is 18.1. The number of aliphatic hydroxyl groups is 3. The van der Waals surface area contributed by atoms with Crippen LogP contribution in [-0.4, -0.2) is 107 Å². The summed E-state index contributed by atoms with van der Waals surface area (Å²) in [5, 5.41) is 34.5. The van der Waals surface area contributed by atoms with Gasteiger partial charge in [-0.2, -0.15) is 0 Å². The van der Waals surface area contributed by atoms with E-state index in [1.165, 1.54) is 13.2 Å². The van der Waals surface area contributed by atoms with Gasteiger partial charge in [-0.15, -0.1) is 0 Å². The molecule has 6 atom stereocenters. The minimum atomic E-state index is -1.40. The number of carbonyl (C=O) groups excluding carboxylic acids is 4. The third-order valence-corrected chi connectivity index (χ3v) is 9.41. The molecule has 3 fully saturated rings. The van der Waals surface area contributed by atoms with E-state index in [1.54, 1.807) is 57.2 Å². The monoisotopic (exact) mass is 728 g/mol. The second-order valence-corrected chi connectivity index (χ2v) is 15.0. The molecule has 0 unspecified atom stereocenters. The van der Waals surface area contributed by atoms with E-state index in [1.807, 2.05) is 0 Å². The topological polar surface area (TPSA) is 199 Å². The molecule has 5 rings (SSSR count). The normalized spacial score (nSPS) is 24.2. The van der Waals surface area contributed by atoms with Gasteiger partial charge in [0.05, 0.1) is 37.2 Å². The number of ether oxygens (including phenoxy) is 5. The second kappa shape index (κ2) is 16.9. The fraction of sp³-hybridized carbons (Fsp3) is 0.632. The minimum absolute atomic E-state index is 0.0279. The average molecular weight is 729 g/mol. The lowest BCUT2D eigenvalue weighted by Gasteiger charge is -2.31. The van der Waals surface area contributed by atoms with Crippen LogP contribution in [0.1, 0.15) is 88.6 Å². The zero-order chi connectivity index (χ0) is 37.6. The first-order valence-corrected chi connectivity index (χ1v) is 18.1. The molecule has 2 saturated carbocycles. The van der Waals surface area contributed by atoms with E-state index in [0.717, 1.165) is 31.2 Å². The van der Waals surface area contributed by atoms with Gasteiger partial charge in [0.15, 0.2) is 5.79 Å². The van der Waals surface area contributed by atoms with Gasteiger partial charge in [0.25, 0.3) is 0 Å². The Bertz CT molecular complexity index is 1480. The summed E-state index contributed by atoms with van der Waals surface area (Å²) in [6.07, 6.45) is 5.09. The fourth-order valence-corrected chi connectivity index (χ4v) is 6.58. The van der Waals surface area contributed by atoms with E-state index in [4.69, 9.17) is 28.8 Å². The summed E-state index contributed by atoms with van der Waals surface area (Å²) >= 11 is 0. The largest absolute Gasteiger partial charge is 0.499 e. The zero-order valence-corrected chi connectivity index (χ0v) is 30.2. The Morgan fingerprint density at radius 1 is 1.02 bits per heavy atom. The highest BCUT2D eigenvalue weighted by atomic mass is 16.8. The standard InChI is InChI=1S/C38H52N2O12/c1-22(43)32(35(46)39-28(21-42)13-14-31(44)51-37(2,3)4)40-34(45)25-19-29(33-30(20-25)50-38(52-33,26-9-10-26)27-11-12-27)49-36(47)24-7-5-23(6-8-24)15-17-48-18-16-41/h5-8,15,17,20,22,26-30,32-33,41-43H,9-14,16,18-19,21H2,1-4H3,(H,39,46)(H,40,45)/t22-,28-,29+,30+,32+,33-/m0/s1. The Morgan fingerprint density at radius 2 is 1.69 bits per heavy atom. The molecular weight excluding hydrogens is 676 g/mol. The Kier molecular flexibility index (Phi) is 12.8. The van der Waals surface area contributed by atoms with Gasteiger partial charge in [0, 0.05) is 30.3 Å². The van der Waals surface area contributed by atoms with Gasteiger partial charge in [0.1, 0.15) is 36.6 Å². The smallest absolute Gasteiger partial charge is 0.338 e. The molecule has 1 aromatic carbocycles. The molecule has 0 spiro atoms. The van der Waals surface area contributed by atoms with Crippen molar-refractivity contribution < 1.29 is 58.2 Å². The Labute approximate surface area is 303 Å². The van der Waals surface area contributed by atoms with Crippen LogP contribution in [0.5, 0.6) is 0 Å². The van der Waals surface area contributed by atoms with E-state index in [0.29, 0.717) is 0 Å². The van der Waals surface area contributed by atoms with Gasteiger partial charge < -0.3 is 49.6 Å². The number of hydrogen-bond donors (Lipinski definition) is 5. The number of fused-ring (bicyclic) bond motifs is 1. The molecule has 1 saturated heterocycles. The molecule has 2 amide bonds. The van der Waals surface area contributed by atoms with Crippen LogP contribution < -0.4 is 10.6 Å². The minimum Gasteiger partial charge on any atom is -0.499 e. The zero-order valence-electron chi connectivity index (χ0n) is 30.2. The summed E-state index contributed by atoms with van der Waals surface area (Å²) < 4.78 is 29.8. The van der Waals surface area contributed by atoms with Crippen LogP contribution in [0.25, 0.3) is 6.08 Å². The molecule has 52 heavy (non-hydrogen) atoms. The predicted molar refractivity (Wildman–Crippen MR) is 186 cm³/mol. The number of benzene rings is 1. The molecule has 4 aliphatic rings. The molecule has 1 aliphatic heterocycles. The lowest BCUT2D eigenvalue weighted by Crippen LogP contribution is -2.55. The summed E-state index contributed by atoms with van der Waals surface area (Å²) in [6, 6.07) is 4.44. The summed E-state index contributed by atoms with van der Waals surface area (Å²) in [6.45, 7) is 6.15. The maximum absolute atomic E-state index is 13.8. The number of esters is 2. The van der Waals surface area contributed by atoms with E-state index >= 15 is 0 Å². The van der Waals surface area contributed by atoms with Crippen LogP contribution >= 0.6 is 0 Å². The Balaban J connectivity index is 1.28. The first kappa shape index (κ1) is 39.4. The van der Waals surface area contributed by atoms with Crippen LogP contribution in [0.3, 0.4) is 0 Å². The van der Waals surface area contributed by atoms with Crippen molar-refractivity contribution in [3.63, 3.8) is 0 Å². The quantitative estimate of drug-likeness (QED) is 0.0893. The van der Waals surface area contributed by atoms with Crippen molar-refractivity contribution in [2.24, 2.45) is 11.8 Å². The summed E-state index contributed by atoms with van der Waals surface area (Å²) in [5.41, 5.74) is 0.576. The highest BCUT2D eigenvalue weighted by Crippen LogP contribution is 2.59. The predicted octanol–water partition coefficient (Wildman–Crippen LogP) is 2.29. The highest BCUT2D eigenvalue weighted by molar-refractivity contribution is 5.97. The van der Waals surface area contributed by atoms with Crippen LogP contribution in [0.2, 0.25) is 0 Å². The van der Waals surface area contributed by atoms with Crippen molar-refractivity contribution in [1.82, 2.24) is 10.6 Å². The van der Waals surface area contributed by atoms with Crippen molar-refractivity contribution in [2.45, 2.75) is 121 Å². The average Bonchev–Trinajstić information content (AvgIpc) is 4.04. The number of nitrogens with one attached hydrogen (secondary N) is 2. The molecular formula is C38H52N2O12. The van der Waals surface area contributed by atoms with Gasteiger partial charge in [-0.25, -0.2) is 4.79 Å². The van der Waals surface area contributed by atoms with E-state index in [9.17, 15) is 29.4 Å². The molecule has 0 aromatic heterocycles. The van der Waals surface area contributed by atoms with Crippen molar-refractivity contribution in [3.05, 3.63) is 53.3 Å². The fourth-order valence-electron chi connectivity index (χ4n) is 6.58. The third kappa shape index (κ3) is 10.2. The molecule has 286 valence electrons. The van der Waals surface area contributed by atoms with Crippen molar-refractivity contribution >= 4 is 29.8 Å². The number of amides is 2. The van der Waals surface area contributed by atoms with Gasteiger partial charge in [-0.1, -0.05) is 12.1 Å².